The molecule has 0 aliphatic rings. The SMILES string of the molecule is O=[N+]([O-])c1cnc(CCl)c(C(F)(F)F)c1. The molecule has 1 aromatic heterocycles. The van der Waals surface area contributed by atoms with Crippen LogP contribution in [0.2, 0.25) is 0 Å². The van der Waals surface area contributed by atoms with Crippen LogP contribution in [0.4, 0.5) is 18.9 Å². The smallest absolute Gasteiger partial charge is 0.258 e. The van der Waals surface area contributed by atoms with Crippen LogP contribution in [0.25, 0.3) is 0 Å². The van der Waals surface area contributed by atoms with Crippen molar-refractivity contribution >= 4 is 17.3 Å². The second-order valence-electron chi connectivity index (χ2n) is 2.58. The lowest BCUT2D eigenvalue weighted by Gasteiger charge is -2.09. The Hall–Kier alpha value is -1.37. The molecule has 0 atom stereocenters. The number of hydrogen-bond acceptors (Lipinski definition) is 3. The molecule has 0 N–H and O–H groups in total. The summed E-state index contributed by atoms with van der Waals surface area (Å²) < 4.78 is 37.1. The minimum absolute atomic E-state index is 0.421. The van der Waals surface area contributed by atoms with E-state index in [2.05, 4.69) is 4.98 Å². The van der Waals surface area contributed by atoms with Crippen molar-refractivity contribution in [1.82, 2.24) is 4.98 Å². The van der Waals surface area contributed by atoms with Gasteiger partial charge in [-0.15, -0.1) is 11.6 Å². The van der Waals surface area contributed by atoms with Crippen molar-refractivity contribution in [3.63, 3.8) is 0 Å². The number of halogens is 4. The maximum absolute atomic E-state index is 12.4. The predicted octanol–water partition coefficient (Wildman–Crippen LogP) is 2.75. The number of rotatable bonds is 2. The third-order valence-corrected chi connectivity index (χ3v) is 1.85. The van der Waals surface area contributed by atoms with E-state index in [4.69, 9.17) is 11.6 Å². The quantitative estimate of drug-likeness (QED) is 0.454. The van der Waals surface area contributed by atoms with Crippen LogP contribution in [-0.2, 0) is 12.1 Å². The van der Waals surface area contributed by atoms with E-state index in [1.54, 1.807) is 0 Å². The van der Waals surface area contributed by atoms with E-state index in [9.17, 15) is 23.3 Å². The summed E-state index contributed by atoms with van der Waals surface area (Å²) in [4.78, 5) is 12.6. The van der Waals surface area contributed by atoms with Gasteiger partial charge < -0.3 is 0 Å². The van der Waals surface area contributed by atoms with Crippen molar-refractivity contribution in [2.75, 3.05) is 0 Å². The first-order valence-electron chi connectivity index (χ1n) is 3.62. The Bertz CT molecular complexity index is 394. The largest absolute Gasteiger partial charge is 0.418 e. The molecule has 0 bridgehead atoms. The molecule has 1 aromatic rings. The van der Waals surface area contributed by atoms with Gasteiger partial charge in [-0.1, -0.05) is 0 Å². The number of nitro groups is 1. The zero-order chi connectivity index (χ0) is 11.6. The molecule has 0 fully saturated rings. The molecule has 0 saturated carbocycles. The fourth-order valence-electron chi connectivity index (χ4n) is 0.934. The minimum atomic E-state index is -4.69. The Labute approximate surface area is 86.8 Å². The van der Waals surface area contributed by atoms with Crippen LogP contribution >= 0.6 is 11.6 Å². The Morgan fingerprint density at radius 1 is 1.53 bits per heavy atom. The summed E-state index contributed by atoms with van der Waals surface area (Å²) in [6, 6.07) is 0.421. The zero-order valence-corrected chi connectivity index (χ0v) is 7.84. The van der Waals surface area contributed by atoms with Crippen LogP contribution in [0, 0.1) is 10.1 Å². The zero-order valence-electron chi connectivity index (χ0n) is 7.08. The molecule has 0 aliphatic heterocycles. The van der Waals surface area contributed by atoms with Gasteiger partial charge in [0.1, 0.15) is 6.20 Å². The van der Waals surface area contributed by atoms with Crippen molar-refractivity contribution in [3.05, 3.63) is 33.6 Å². The molecule has 8 heteroatoms. The number of hydrogen-bond donors (Lipinski definition) is 0. The van der Waals surface area contributed by atoms with Gasteiger partial charge >= 0.3 is 6.18 Å². The lowest BCUT2D eigenvalue weighted by atomic mass is 10.2. The van der Waals surface area contributed by atoms with E-state index in [0.29, 0.717) is 6.07 Å². The molecule has 4 nitrogen and oxygen atoms in total. The second-order valence-corrected chi connectivity index (χ2v) is 2.84. The lowest BCUT2D eigenvalue weighted by molar-refractivity contribution is -0.385. The molecular weight excluding hydrogens is 237 g/mol. The van der Waals surface area contributed by atoms with Crippen molar-refractivity contribution in [2.24, 2.45) is 0 Å². The summed E-state index contributed by atoms with van der Waals surface area (Å²) in [6.45, 7) is 0. The highest BCUT2D eigenvalue weighted by Gasteiger charge is 2.35. The minimum Gasteiger partial charge on any atom is -0.258 e. The average molecular weight is 241 g/mol. The monoisotopic (exact) mass is 240 g/mol. The topological polar surface area (TPSA) is 56.0 Å². The molecule has 82 valence electrons. The van der Waals surface area contributed by atoms with Gasteiger partial charge in [0.25, 0.3) is 5.69 Å². The van der Waals surface area contributed by atoms with Gasteiger partial charge in [-0.25, -0.2) is 0 Å². The van der Waals surface area contributed by atoms with Crippen LogP contribution in [-0.4, -0.2) is 9.91 Å². The third-order valence-electron chi connectivity index (χ3n) is 1.60. The molecule has 15 heavy (non-hydrogen) atoms. The van der Waals surface area contributed by atoms with E-state index in [-0.39, 0.29) is 0 Å². The van der Waals surface area contributed by atoms with Crippen LogP contribution in [0.5, 0.6) is 0 Å². The fourth-order valence-corrected chi connectivity index (χ4v) is 1.15. The Morgan fingerprint density at radius 2 is 2.13 bits per heavy atom. The van der Waals surface area contributed by atoms with Crippen LogP contribution < -0.4 is 0 Å². The molecule has 0 saturated heterocycles. The highest BCUT2D eigenvalue weighted by Crippen LogP contribution is 2.33. The van der Waals surface area contributed by atoms with Gasteiger partial charge in [0.2, 0.25) is 0 Å². The van der Waals surface area contributed by atoms with Gasteiger partial charge in [-0.3, -0.25) is 15.1 Å². The van der Waals surface area contributed by atoms with Crippen molar-refractivity contribution in [1.29, 1.82) is 0 Å². The second kappa shape index (κ2) is 4.01. The first-order valence-corrected chi connectivity index (χ1v) is 4.16. The summed E-state index contributed by atoms with van der Waals surface area (Å²) in [6.07, 6.45) is -3.95. The van der Waals surface area contributed by atoms with E-state index >= 15 is 0 Å². The third kappa shape index (κ3) is 2.56. The molecule has 0 radical (unpaired) electrons. The van der Waals surface area contributed by atoms with Crippen LogP contribution in [0.15, 0.2) is 12.3 Å². The van der Waals surface area contributed by atoms with Crippen molar-refractivity contribution < 1.29 is 18.1 Å². The average Bonchev–Trinajstić information content (AvgIpc) is 2.15. The molecule has 0 aromatic carbocycles. The maximum Gasteiger partial charge on any atom is 0.418 e. The van der Waals surface area contributed by atoms with Crippen LogP contribution in [0.1, 0.15) is 11.3 Å². The summed E-state index contributed by atoms with van der Waals surface area (Å²) >= 11 is 5.24. The van der Waals surface area contributed by atoms with Crippen molar-refractivity contribution in [3.8, 4) is 0 Å². The van der Waals surface area contributed by atoms with Gasteiger partial charge in [0.15, 0.2) is 0 Å². The number of nitrogens with zero attached hydrogens (tertiary/aromatic N) is 2. The molecular formula is C7H4ClF3N2O2. The normalized spacial score (nSPS) is 11.5. The number of aromatic nitrogens is 1. The lowest BCUT2D eigenvalue weighted by Crippen LogP contribution is -2.10. The van der Waals surface area contributed by atoms with Crippen molar-refractivity contribution in [2.45, 2.75) is 12.1 Å². The van der Waals surface area contributed by atoms with E-state index in [1.807, 2.05) is 0 Å². The summed E-state index contributed by atoms with van der Waals surface area (Å²) in [7, 11) is 0. The van der Waals surface area contributed by atoms with Gasteiger partial charge in [0.05, 0.1) is 22.1 Å². The molecule has 0 amide bonds. The van der Waals surface area contributed by atoms with Gasteiger partial charge in [-0.05, 0) is 0 Å². The first-order chi connectivity index (χ1) is 6.86. The predicted molar refractivity (Wildman–Crippen MR) is 45.5 cm³/mol. The van der Waals surface area contributed by atoms with Gasteiger partial charge in [-0.2, -0.15) is 13.2 Å². The molecule has 1 rings (SSSR count). The Morgan fingerprint density at radius 3 is 2.53 bits per heavy atom. The van der Waals surface area contributed by atoms with Gasteiger partial charge in [0, 0.05) is 6.07 Å². The summed E-state index contributed by atoms with van der Waals surface area (Å²) in [5.74, 6) is -0.452. The Balaban J connectivity index is 3.32. The number of alkyl halides is 4. The maximum atomic E-state index is 12.4. The molecule has 0 unspecified atom stereocenters. The molecule has 1 heterocycles. The first kappa shape index (κ1) is 11.7. The van der Waals surface area contributed by atoms with Crippen LogP contribution in [0.3, 0.4) is 0 Å². The summed E-state index contributed by atoms with van der Waals surface area (Å²) in [5, 5.41) is 10.2. The van der Waals surface area contributed by atoms with E-state index in [1.165, 1.54) is 0 Å². The summed E-state index contributed by atoms with van der Waals surface area (Å²) in [5.41, 5.74) is -2.31. The highest BCUT2D eigenvalue weighted by molar-refractivity contribution is 6.17. The fraction of sp³-hybridized carbons (Fsp3) is 0.286. The Kier molecular flexibility index (Phi) is 3.13. The molecule has 0 aliphatic carbocycles. The molecule has 0 spiro atoms. The standard InChI is InChI=1S/C7H4ClF3N2O2/c8-2-6-5(7(9,10)11)1-4(3-12-6)13(14)15/h1,3H,2H2. The van der Waals surface area contributed by atoms with E-state index in [0.717, 1.165) is 6.20 Å². The highest BCUT2D eigenvalue weighted by atomic mass is 35.5. The number of pyridine rings is 1. The van der Waals surface area contributed by atoms with E-state index < -0.39 is 33.9 Å².